The largest absolute Gasteiger partial charge is 0.381 e. The highest BCUT2D eigenvalue weighted by Crippen LogP contribution is 2.52. The lowest BCUT2D eigenvalue weighted by molar-refractivity contribution is 0.0723. The molecular formula is C15H20OS4. The van der Waals surface area contributed by atoms with Crippen molar-refractivity contribution in [2.75, 3.05) is 23.0 Å². The quantitative estimate of drug-likeness (QED) is 0.881. The van der Waals surface area contributed by atoms with E-state index in [0.29, 0.717) is 0 Å². The summed E-state index contributed by atoms with van der Waals surface area (Å²) in [5.74, 6) is 4.70. The predicted molar refractivity (Wildman–Crippen MR) is 97.0 cm³/mol. The SMILES string of the molecule is OC(c1ccccc1)(C1SCCCS1)C1SCCCS1. The highest BCUT2D eigenvalue weighted by molar-refractivity contribution is 8.19. The van der Waals surface area contributed by atoms with Gasteiger partial charge in [-0.1, -0.05) is 30.3 Å². The molecule has 3 rings (SSSR count). The monoisotopic (exact) mass is 344 g/mol. The third kappa shape index (κ3) is 3.17. The Morgan fingerprint density at radius 1 is 0.800 bits per heavy atom. The van der Waals surface area contributed by atoms with Crippen molar-refractivity contribution in [3.8, 4) is 0 Å². The predicted octanol–water partition coefficient (Wildman–Crippen LogP) is 4.27. The van der Waals surface area contributed by atoms with Crippen LogP contribution in [0.25, 0.3) is 0 Å². The minimum Gasteiger partial charge on any atom is -0.381 e. The lowest BCUT2D eigenvalue weighted by Gasteiger charge is -2.43. The minimum atomic E-state index is -0.716. The minimum absolute atomic E-state index is 0.266. The Kier molecular flexibility index (Phi) is 5.59. The molecule has 2 aliphatic heterocycles. The van der Waals surface area contributed by atoms with Gasteiger partial charge in [0.2, 0.25) is 0 Å². The number of benzene rings is 1. The first-order valence-corrected chi connectivity index (χ1v) is 11.3. The average Bonchev–Trinajstić information content (AvgIpc) is 2.56. The first-order valence-electron chi connectivity index (χ1n) is 7.06. The summed E-state index contributed by atoms with van der Waals surface area (Å²) >= 11 is 7.78. The van der Waals surface area contributed by atoms with E-state index in [1.54, 1.807) is 0 Å². The van der Waals surface area contributed by atoms with E-state index in [1.807, 2.05) is 53.1 Å². The molecule has 5 heteroatoms. The summed E-state index contributed by atoms with van der Waals surface area (Å²) in [6.07, 6.45) is 2.53. The van der Waals surface area contributed by atoms with E-state index in [-0.39, 0.29) is 9.16 Å². The van der Waals surface area contributed by atoms with Crippen LogP contribution >= 0.6 is 47.0 Å². The lowest BCUT2D eigenvalue weighted by atomic mass is 9.97. The molecule has 1 nitrogen and oxygen atoms in total. The first-order chi connectivity index (χ1) is 9.82. The number of hydrogen-bond acceptors (Lipinski definition) is 5. The van der Waals surface area contributed by atoms with Gasteiger partial charge in [0.05, 0.1) is 9.16 Å². The summed E-state index contributed by atoms with van der Waals surface area (Å²) in [6, 6.07) is 10.3. The molecule has 0 bridgehead atoms. The van der Waals surface area contributed by atoms with Crippen LogP contribution in [-0.4, -0.2) is 37.3 Å². The Morgan fingerprint density at radius 3 is 1.70 bits per heavy atom. The normalized spacial score (nSPS) is 22.9. The van der Waals surface area contributed by atoms with Crippen LogP contribution in [0.5, 0.6) is 0 Å². The molecule has 1 N–H and O–H groups in total. The Bertz CT molecular complexity index is 395. The van der Waals surface area contributed by atoms with E-state index in [9.17, 15) is 5.11 Å². The molecule has 2 saturated heterocycles. The zero-order valence-corrected chi connectivity index (χ0v) is 14.6. The van der Waals surface area contributed by atoms with Crippen molar-refractivity contribution in [1.82, 2.24) is 0 Å². The van der Waals surface area contributed by atoms with Crippen molar-refractivity contribution in [2.45, 2.75) is 27.6 Å². The molecule has 1 aromatic carbocycles. The maximum absolute atomic E-state index is 11.6. The molecule has 0 saturated carbocycles. The van der Waals surface area contributed by atoms with Crippen LogP contribution in [0.1, 0.15) is 18.4 Å². The summed E-state index contributed by atoms with van der Waals surface area (Å²) in [5, 5.41) is 11.6. The van der Waals surface area contributed by atoms with Gasteiger partial charge in [0.25, 0.3) is 0 Å². The highest BCUT2D eigenvalue weighted by atomic mass is 32.2. The Morgan fingerprint density at radius 2 is 1.25 bits per heavy atom. The second-order valence-electron chi connectivity index (χ2n) is 5.05. The van der Waals surface area contributed by atoms with E-state index in [1.165, 1.54) is 35.9 Å². The summed E-state index contributed by atoms with van der Waals surface area (Å²) < 4.78 is 0.531. The zero-order valence-electron chi connectivity index (χ0n) is 11.4. The third-order valence-electron chi connectivity index (χ3n) is 3.61. The van der Waals surface area contributed by atoms with Crippen molar-refractivity contribution in [3.05, 3.63) is 35.9 Å². The zero-order chi connectivity index (χ0) is 13.8. The van der Waals surface area contributed by atoms with Crippen LogP contribution in [0.15, 0.2) is 30.3 Å². The van der Waals surface area contributed by atoms with Gasteiger partial charge < -0.3 is 5.11 Å². The number of hydrogen-bond donors (Lipinski definition) is 1. The van der Waals surface area contributed by atoms with Gasteiger partial charge >= 0.3 is 0 Å². The average molecular weight is 345 g/mol. The summed E-state index contributed by atoms with van der Waals surface area (Å²) in [7, 11) is 0. The van der Waals surface area contributed by atoms with Crippen LogP contribution < -0.4 is 0 Å². The van der Waals surface area contributed by atoms with Gasteiger partial charge in [0.15, 0.2) is 0 Å². The van der Waals surface area contributed by atoms with Gasteiger partial charge in [-0.15, -0.1) is 47.0 Å². The van der Waals surface area contributed by atoms with Gasteiger partial charge in [-0.2, -0.15) is 0 Å². The molecule has 2 aliphatic rings. The topological polar surface area (TPSA) is 20.2 Å². The fourth-order valence-corrected chi connectivity index (χ4v) is 9.41. The van der Waals surface area contributed by atoms with Gasteiger partial charge in [-0.25, -0.2) is 0 Å². The Labute approximate surface area is 138 Å². The molecule has 0 amide bonds. The maximum Gasteiger partial charge on any atom is 0.131 e. The molecule has 0 aromatic heterocycles. The fraction of sp³-hybridized carbons (Fsp3) is 0.600. The van der Waals surface area contributed by atoms with Gasteiger partial charge in [0.1, 0.15) is 5.60 Å². The summed E-state index contributed by atoms with van der Waals surface area (Å²) in [4.78, 5) is 0. The van der Waals surface area contributed by atoms with Crippen molar-refractivity contribution < 1.29 is 5.11 Å². The van der Waals surface area contributed by atoms with E-state index < -0.39 is 5.60 Å². The number of thioether (sulfide) groups is 4. The van der Waals surface area contributed by atoms with Gasteiger partial charge in [0, 0.05) is 0 Å². The summed E-state index contributed by atoms with van der Waals surface area (Å²) in [6.45, 7) is 0. The lowest BCUT2D eigenvalue weighted by Crippen LogP contribution is -2.45. The number of aliphatic hydroxyl groups is 1. The molecule has 0 aliphatic carbocycles. The second-order valence-corrected chi connectivity index (χ2v) is 10.5. The van der Waals surface area contributed by atoms with E-state index in [2.05, 4.69) is 24.3 Å². The molecule has 0 radical (unpaired) electrons. The fourth-order valence-electron chi connectivity index (χ4n) is 2.57. The molecule has 110 valence electrons. The molecule has 20 heavy (non-hydrogen) atoms. The van der Waals surface area contributed by atoms with Crippen LogP contribution in [0.3, 0.4) is 0 Å². The molecule has 1 aromatic rings. The van der Waals surface area contributed by atoms with Gasteiger partial charge in [-0.05, 0) is 41.4 Å². The van der Waals surface area contributed by atoms with Crippen LogP contribution in [0, 0.1) is 0 Å². The third-order valence-corrected chi connectivity index (χ3v) is 9.99. The van der Waals surface area contributed by atoms with Gasteiger partial charge in [-0.3, -0.25) is 0 Å². The van der Waals surface area contributed by atoms with Crippen molar-refractivity contribution in [1.29, 1.82) is 0 Å². The second kappa shape index (κ2) is 7.23. The van der Waals surface area contributed by atoms with E-state index in [0.717, 1.165) is 5.56 Å². The first kappa shape index (κ1) is 15.5. The number of rotatable bonds is 3. The standard InChI is InChI=1S/C15H20OS4/c16-15(12-6-2-1-3-7-12,13-17-8-4-9-18-13)14-19-10-5-11-20-14/h1-3,6-7,13-14,16H,4-5,8-11H2. The van der Waals surface area contributed by atoms with Crippen molar-refractivity contribution >= 4 is 47.0 Å². The maximum atomic E-state index is 11.6. The van der Waals surface area contributed by atoms with Crippen LogP contribution in [0.2, 0.25) is 0 Å². The smallest absolute Gasteiger partial charge is 0.131 e. The van der Waals surface area contributed by atoms with Crippen molar-refractivity contribution in [2.24, 2.45) is 0 Å². The van der Waals surface area contributed by atoms with E-state index in [4.69, 9.17) is 0 Å². The van der Waals surface area contributed by atoms with Crippen molar-refractivity contribution in [3.63, 3.8) is 0 Å². The summed E-state index contributed by atoms with van der Waals surface area (Å²) in [5.41, 5.74) is 0.381. The molecular weight excluding hydrogens is 324 g/mol. The molecule has 2 heterocycles. The van der Waals surface area contributed by atoms with Crippen LogP contribution in [0.4, 0.5) is 0 Å². The molecule has 0 spiro atoms. The highest BCUT2D eigenvalue weighted by Gasteiger charge is 2.47. The van der Waals surface area contributed by atoms with Crippen LogP contribution in [-0.2, 0) is 5.60 Å². The van der Waals surface area contributed by atoms with E-state index >= 15 is 0 Å². The Hall–Kier alpha value is 0.580. The Balaban J connectivity index is 1.92. The molecule has 0 atom stereocenters. The molecule has 2 fully saturated rings. The molecule has 0 unspecified atom stereocenters.